The number of furan rings is 1. The van der Waals surface area contributed by atoms with Gasteiger partial charge in [0.1, 0.15) is 18.3 Å². The van der Waals surface area contributed by atoms with Crippen molar-refractivity contribution < 1.29 is 28.5 Å². The summed E-state index contributed by atoms with van der Waals surface area (Å²) in [4.78, 5) is 0. The standard InChI is InChI=1S/C22H28O6/c1-17(14-26-15-18-9-11-19(25-3)12-10-18)21(28-16-24-2)7-4-6-20(23)22-8-5-13-27-22/h5,8-13,17,20-21,23H,7,14-16H2,1-3H3/t17-,20?,21-/m0/s1. The molecule has 0 saturated carbocycles. The van der Waals surface area contributed by atoms with Gasteiger partial charge in [-0.15, -0.1) is 0 Å². The zero-order valence-electron chi connectivity index (χ0n) is 16.6. The first-order valence-corrected chi connectivity index (χ1v) is 9.15. The normalized spacial score (nSPS) is 14.0. The van der Waals surface area contributed by atoms with E-state index in [1.54, 1.807) is 26.4 Å². The second-order valence-corrected chi connectivity index (χ2v) is 6.40. The highest BCUT2D eigenvalue weighted by Gasteiger charge is 2.18. The Morgan fingerprint density at radius 1 is 1.14 bits per heavy atom. The molecule has 3 atom stereocenters. The van der Waals surface area contributed by atoms with Crippen molar-refractivity contribution in [3.05, 3.63) is 54.0 Å². The summed E-state index contributed by atoms with van der Waals surface area (Å²) in [5.74, 6) is 7.10. The van der Waals surface area contributed by atoms with Gasteiger partial charge >= 0.3 is 0 Å². The smallest absolute Gasteiger partial charge is 0.172 e. The molecule has 0 amide bonds. The van der Waals surface area contributed by atoms with Gasteiger partial charge in [-0.05, 0) is 29.8 Å². The number of aliphatic hydroxyl groups is 1. The summed E-state index contributed by atoms with van der Waals surface area (Å²) >= 11 is 0. The predicted octanol–water partition coefficient (Wildman–Crippen LogP) is 3.56. The van der Waals surface area contributed by atoms with Gasteiger partial charge in [-0.1, -0.05) is 30.9 Å². The van der Waals surface area contributed by atoms with E-state index in [2.05, 4.69) is 11.8 Å². The number of rotatable bonds is 11. The minimum Gasteiger partial charge on any atom is -0.497 e. The van der Waals surface area contributed by atoms with E-state index in [1.165, 1.54) is 6.26 Å². The Hall–Kier alpha value is -2.30. The molecule has 0 aliphatic rings. The summed E-state index contributed by atoms with van der Waals surface area (Å²) in [6.45, 7) is 3.24. The third-order valence-electron chi connectivity index (χ3n) is 4.20. The predicted molar refractivity (Wildman–Crippen MR) is 105 cm³/mol. The third-order valence-corrected chi connectivity index (χ3v) is 4.20. The van der Waals surface area contributed by atoms with Crippen LogP contribution in [0.15, 0.2) is 47.1 Å². The van der Waals surface area contributed by atoms with Crippen molar-refractivity contribution in [1.82, 2.24) is 0 Å². The van der Waals surface area contributed by atoms with Crippen LogP contribution in [0.25, 0.3) is 0 Å². The number of methoxy groups -OCH3 is 2. The lowest BCUT2D eigenvalue weighted by atomic mass is 10.0. The molecule has 2 rings (SSSR count). The van der Waals surface area contributed by atoms with Crippen molar-refractivity contribution in [2.75, 3.05) is 27.6 Å². The maximum Gasteiger partial charge on any atom is 0.172 e. The van der Waals surface area contributed by atoms with E-state index in [9.17, 15) is 5.11 Å². The van der Waals surface area contributed by atoms with Crippen LogP contribution in [0.1, 0.15) is 30.8 Å². The van der Waals surface area contributed by atoms with Crippen LogP contribution in [0.4, 0.5) is 0 Å². The van der Waals surface area contributed by atoms with Crippen LogP contribution in [-0.4, -0.2) is 38.8 Å². The van der Waals surface area contributed by atoms with E-state index < -0.39 is 6.10 Å². The molecule has 1 aromatic carbocycles. The highest BCUT2D eigenvalue weighted by Crippen LogP contribution is 2.16. The number of benzene rings is 1. The quantitative estimate of drug-likeness (QED) is 0.469. The topological polar surface area (TPSA) is 70.3 Å². The van der Waals surface area contributed by atoms with Gasteiger partial charge < -0.3 is 28.5 Å². The Morgan fingerprint density at radius 2 is 1.93 bits per heavy atom. The highest BCUT2D eigenvalue weighted by atomic mass is 16.7. The minimum atomic E-state index is -0.945. The van der Waals surface area contributed by atoms with Crippen molar-refractivity contribution >= 4 is 0 Å². The fourth-order valence-electron chi connectivity index (χ4n) is 2.55. The first-order chi connectivity index (χ1) is 13.6. The largest absolute Gasteiger partial charge is 0.497 e. The monoisotopic (exact) mass is 388 g/mol. The van der Waals surface area contributed by atoms with Gasteiger partial charge in [0.2, 0.25) is 0 Å². The van der Waals surface area contributed by atoms with Crippen molar-refractivity contribution in [3.63, 3.8) is 0 Å². The van der Waals surface area contributed by atoms with Crippen molar-refractivity contribution in [1.29, 1.82) is 0 Å². The molecule has 1 unspecified atom stereocenters. The van der Waals surface area contributed by atoms with E-state index >= 15 is 0 Å². The molecule has 0 saturated heterocycles. The second-order valence-electron chi connectivity index (χ2n) is 6.40. The Labute approximate surface area is 166 Å². The molecule has 1 N–H and O–H groups in total. The van der Waals surface area contributed by atoms with E-state index in [4.69, 9.17) is 23.4 Å². The Bertz CT molecular complexity index is 714. The first-order valence-electron chi connectivity index (χ1n) is 9.15. The highest BCUT2D eigenvalue weighted by molar-refractivity contribution is 5.26. The molecule has 0 bridgehead atoms. The maximum atomic E-state index is 9.98. The lowest BCUT2D eigenvalue weighted by molar-refractivity contribution is -0.0978. The Balaban J connectivity index is 1.82. The molecule has 0 radical (unpaired) electrons. The maximum absolute atomic E-state index is 9.98. The number of ether oxygens (including phenoxy) is 4. The van der Waals surface area contributed by atoms with Crippen molar-refractivity contribution in [2.24, 2.45) is 5.92 Å². The second kappa shape index (κ2) is 12.2. The molecule has 6 nitrogen and oxygen atoms in total. The fraction of sp³-hybridized carbons (Fsp3) is 0.455. The molecule has 0 fully saturated rings. The van der Waals surface area contributed by atoms with Crippen LogP contribution >= 0.6 is 0 Å². The molecular formula is C22H28O6. The van der Waals surface area contributed by atoms with Gasteiger partial charge in [0, 0.05) is 19.4 Å². The molecule has 152 valence electrons. The molecule has 28 heavy (non-hydrogen) atoms. The summed E-state index contributed by atoms with van der Waals surface area (Å²) in [7, 11) is 3.22. The Kier molecular flexibility index (Phi) is 9.60. The van der Waals surface area contributed by atoms with Crippen LogP contribution < -0.4 is 4.74 Å². The molecule has 0 aliphatic heterocycles. The zero-order chi connectivity index (χ0) is 20.2. The van der Waals surface area contributed by atoms with Gasteiger partial charge in [-0.3, -0.25) is 0 Å². The van der Waals surface area contributed by atoms with Crippen LogP contribution in [0, 0.1) is 17.8 Å². The number of hydrogen-bond donors (Lipinski definition) is 1. The molecule has 2 aromatic rings. The van der Waals surface area contributed by atoms with Gasteiger partial charge in [0.25, 0.3) is 0 Å². The van der Waals surface area contributed by atoms with Crippen LogP contribution in [0.2, 0.25) is 0 Å². The SMILES string of the molecule is COCO[C@@H](CC#CC(O)c1ccco1)[C@@H](C)COCc1ccc(OC)cc1. The zero-order valence-corrected chi connectivity index (χ0v) is 16.6. The molecular weight excluding hydrogens is 360 g/mol. The van der Waals surface area contributed by atoms with Crippen molar-refractivity contribution in [3.8, 4) is 17.6 Å². The first kappa shape index (κ1) is 22.0. The van der Waals surface area contributed by atoms with Crippen LogP contribution in [0.3, 0.4) is 0 Å². The van der Waals surface area contributed by atoms with Crippen molar-refractivity contribution in [2.45, 2.75) is 32.2 Å². The minimum absolute atomic E-state index is 0.100. The summed E-state index contributed by atoms with van der Waals surface area (Å²) in [5.41, 5.74) is 1.07. The van der Waals surface area contributed by atoms with Crippen LogP contribution in [-0.2, 0) is 20.8 Å². The van der Waals surface area contributed by atoms with Crippen LogP contribution in [0.5, 0.6) is 5.75 Å². The number of aliphatic hydroxyl groups excluding tert-OH is 1. The third kappa shape index (κ3) is 7.37. The molecule has 0 aliphatic carbocycles. The summed E-state index contributed by atoms with van der Waals surface area (Å²) in [6.07, 6.45) is 0.841. The molecule has 1 aromatic heterocycles. The summed E-state index contributed by atoms with van der Waals surface area (Å²) in [6, 6.07) is 11.2. The van der Waals surface area contributed by atoms with E-state index in [-0.39, 0.29) is 18.8 Å². The fourth-order valence-corrected chi connectivity index (χ4v) is 2.55. The molecule has 1 heterocycles. The van der Waals surface area contributed by atoms with Gasteiger partial charge in [0.15, 0.2) is 6.10 Å². The Morgan fingerprint density at radius 3 is 2.57 bits per heavy atom. The lowest BCUT2D eigenvalue weighted by Gasteiger charge is -2.22. The summed E-state index contributed by atoms with van der Waals surface area (Å²) in [5, 5.41) is 9.98. The van der Waals surface area contributed by atoms with Gasteiger partial charge in [0.05, 0.1) is 32.7 Å². The van der Waals surface area contributed by atoms with E-state index in [0.717, 1.165) is 11.3 Å². The van der Waals surface area contributed by atoms with E-state index in [1.807, 2.05) is 31.2 Å². The van der Waals surface area contributed by atoms with Gasteiger partial charge in [-0.25, -0.2) is 0 Å². The molecule has 6 heteroatoms. The number of hydrogen-bond acceptors (Lipinski definition) is 6. The van der Waals surface area contributed by atoms with E-state index in [0.29, 0.717) is 25.4 Å². The average Bonchev–Trinajstić information content (AvgIpc) is 3.26. The van der Waals surface area contributed by atoms with Gasteiger partial charge in [-0.2, -0.15) is 0 Å². The average molecular weight is 388 g/mol. The summed E-state index contributed by atoms with van der Waals surface area (Å²) < 4.78 is 26.9. The lowest BCUT2D eigenvalue weighted by Crippen LogP contribution is -2.26. The molecule has 0 spiro atoms.